The molecule has 110 valence electrons. The van der Waals surface area contributed by atoms with E-state index >= 15 is 0 Å². The molecule has 21 heavy (non-hydrogen) atoms. The SMILES string of the molecule is O=C(Cn1cc(Cl)cn1)N1CCC[C@H]1c1cccc(F)c1. The summed E-state index contributed by atoms with van der Waals surface area (Å²) in [5.74, 6) is -0.299. The number of nitrogens with zero attached hydrogens (tertiary/aromatic N) is 3. The third kappa shape index (κ3) is 3.08. The van der Waals surface area contributed by atoms with E-state index in [4.69, 9.17) is 11.6 Å². The molecule has 1 aliphatic rings. The number of rotatable bonds is 3. The van der Waals surface area contributed by atoms with Crippen LogP contribution in [0.2, 0.25) is 5.02 Å². The predicted octanol–water partition coefficient (Wildman–Crippen LogP) is 3.04. The first-order valence-electron chi connectivity index (χ1n) is 6.86. The van der Waals surface area contributed by atoms with Gasteiger partial charge in [-0.25, -0.2) is 4.39 Å². The van der Waals surface area contributed by atoms with Gasteiger partial charge in [-0.3, -0.25) is 9.48 Å². The van der Waals surface area contributed by atoms with Crippen LogP contribution in [0.3, 0.4) is 0 Å². The second kappa shape index (κ2) is 5.85. The molecule has 0 saturated carbocycles. The van der Waals surface area contributed by atoms with Gasteiger partial charge in [0, 0.05) is 12.7 Å². The number of hydrogen-bond donors (Lipinski definition) is 0. The Balaban J connectivity index is 1.75. The zero-order valence-electron chi connectivity index (χ0n) is 11.4. The quantitative estimate of drug-likeness (QED) is 0.874. The second-order valence-corrected chi connectivity index (χ2v) is 5.59. The summed E-state index contributed by atoms with van der Waals surface area (Å²) in [5, 5.41) is 4.52. The molecule has 1 atom stereocenters. The lowest BCUT2D eigenvalue weighted by Gasteiger charge is -2.25. The zero-order chi connectivity index (χ0) is 14.8. The summed E-state index contributed by atoms with van der Waals surface area (Å²) in [6.07, 6.45) is 4.90. The number of halogens is 2. The molecule has 0 spiro atoms. The molecule has 3 rings (SSSR count). The van der Waals surface area contributed by atoms with Gasteiger partial charge in [-0.05, 0) is 30.5 Å². The van der Waals surface area contributed by atoms with Crippen molar-refractivity contribution in [2.45, 2.75) is 25.4 Å². The van der Waals surface area contributed by atoms with Crippen molar-refractivity contribution in [3.63, 3.8) is 0 Å². The highest BCUT2D eigenvalue weighted by atomic mass is 35.5. The fourth-order valence-electron chi connectivity index (χ4n) is 2.78. The van der Waals surface area contributed by atoms with Gasteiger partial charge in [-0.2, -0.15) is 5.10 Å². The number of amides is 1. The second-order valence-electron chi connectivity index (χ2n) is 5.16. The first-order valence-corrected chi connectivity index (χ1v) is 7.24. The van der Waals surface area contributed by atoms with E-state index in [1.165, 1.54) is 23.0 Å². The van der Waals surface area contributed by atoms with Crippen LogP contribution in [0.4, 0.5) is 4.39 Å². The highest BCUT2D eigenvalue weighted by Gasteiger charge is 2.30. The lowest BCUT2D eigenvalue weighted by atomic mass is 10.0. The van der Waals surface area contributed by atoms with Crippen molar-refractivity contribution in [1.82, 2.24) is 14.7 Å². The molecule has 1 fully saturated rings. The van der Waals surface area contributed by atoms with Crippen molar-refractivity contribution >= 4 is 17.5 Å². The van der Waals surface area contributed by atoms with Gasteiger partial charge in [0.2, 0.25) is 5.91 Å². The summed E-state index contributed by atoms with van der Waals surface area (Å²) in [7, 11) is 0. The lowest BCUT2D eigenvalue weighted by Crippen LogP contribution is -2.33. The highest BCUT2D eigenvalue weighted by molar-refractivity contribution is 6.30. The van der Waals surface area contributed by atoms with Gasteiger partial charge < -0.3 is 4.90 Å². The summed E-state index contributed by atoms with van der Waals surface area (Å²) in [6, 6.07) is 6.40. The van der Waals surface area contributed by atoms with Crippen LogP contribution in [-0.4, -0.2) is 27.1 Å². The maximum atomic E-state index is 13.4. The smallest absolute Gasteiger partial charge is 0.244 e. The van der Waals surface area contributed by atoms with Gasteiger partial charge >= 0.3 is 0 Å². The van der Waals surface area contributed by atoms with Gasteiger partial charge in [0.1, 0.15) is 12.4 Å². The zero-order valence-corrected chi connectivity index (χ0v) is 12.1. The van der Waals surface area contributed by atoms with Gasteiger partial charge in [0.25, 0.3) is 0 Å². The summed E-state index contributed by atoms with van der Waals surface area (Å²) in [6.45, 7) is 0.841. The Morgan fingerprint density at radius 3 is 3.05 bits per heavy atom. The van der Waals surface area contributed by atoms with E-state index in [0.29, 0.717) is 11.6 Å². The molecular formula is C15H15ClFN3O. The average molecular weight is 308 g/mol. The molecule has 6 heteroatoms. The largest absolute Gasteiger partial charge is 0.334 e. The minimum atomic E-state index is -0.273. The van der Waals surface area contributed by atoms with Crippen LogP contribution in [0.25, 0.3) is 0 Å². The van der Waals surface area contributed by atoms with Gasteiger partial charge in [0.05, 0.1) is 17.3 Å². The van der Waals surface area contributed by atoms with Crippen LogP contribution in [0.15, 0.2) is 36.7 Å². The minimum absolute atomic E-state index is 0.0264. The minimum Gasteiger partial charge on any atom is -0.334 e. The number of likely N-dealkylation sites (tertiary alicyclic amines) is 1. The Labute approximate surface area is 127 Å². The summed E-state index contributed by atoms with van der Waals surface area (Å²) in [4.78, 5) is 14.2. The Morgan fingerprint density at radius 2 is 2.33 bits per heavy atom. The van der Waals surface area contributed by atoms with Gasteiger partial charge in [-0.15, -0.1) is 0 Å². The monoisotopic (exact) mass is 307 g/mol. The Kier molecular flexibility index (Phi) is 3.92. The molecule has 0 radical (unpaired) electrons. The first-order chi connectivity index (χ1) is 10.1. The molecular weight excluding hydrogens is 293 g/mol. The predicted molar refractivity (Wildman–Crippen MR) is 77.3 cm³/mol. The van der Waals surface area contributed by atoms with E-state index in [9.17, 15) is 9.18 Å². The third-order valence-electron chi connectivity index (χ3n) is 3.71. The van der Waals surface area contributed by atoms with E-state index in [-0.39, 0.29) is 24.3 Å². The van der Waals surface area contributed by atoms with E-state index < -0.39 is 0 Å². The van der Waals surface area contributed by atoms with E-state index in [2.05, 4.69) is 5.10 Å². The normalized spacial score (nSPS) is 18.2. The maximum absolute atomic E-state index is 13.4. The van der Waals surface area contributed by atoms with E-state index in [0.717, 1.165) is 18.4 Å². The van der Waals surface area contributed by atoms with E-state index in [1.807, 2.05) is 6.07 Å². The molecule has 1 aromatic carbocycles. The highest BCUT2D eigenvalue weighted by Crippen LogP contribution is 2.32. The third-order valence-corrected chi connectivity index (χ3v) is 3.90. The Hall–Kier alpha value is -1.88. The standard InChI is InChI=1S/C15H15ClFN3O/c16-12-8-18-19(9-12)10-15(21)20-6-2-5-14(20)11-3-1-4-13(17)7-11/h1,3-4,7-9,14H,2,5-6,10H2/t14-/m0/s1. The van der Waals surface area contributed by atoms with Crippen LogP contribution >= 0.6 is 11.6 Å². The fourth-order valence-corrected chi connectivity index (χ4v) is 2.94. The molecule has 2 aromatic rings. The Bertz CT molecular complexity index is 658. The van der Waals surface area contributed by atoms with Crippen molar-refractivity contribution in [1.29, 1.82) is 0 Å². The maximum Gasteiger partial charge on any atom is 0.244 e. The molecule has 1 aromatic heterocycles. The van der Waals surface area contributed by atoms with Crippen molar-refractivity contribution in [3.05, 3.63) is 53.1 Å². The summed E-state index contributed by atoms with van der Waals surface area (Å²) in [5.41, 5.74) is 0.847. The first kappa shape index (κ1) is 14.1. The van der Waals surface area contributed by atoms with Crippen molar-refractivity contribution in [2.75, 3.05) is 6.54 Å². The molecule has 0 bridgehead atoms. The van der Waals surface area contributed by atoms with Crippen LogP contribution in [-0.2, 0) is 11.3 Å². The summed E-state index contributed by atoms with van der Waals surface area (Å²) >= 11 is 5.80. The molecule has 1 amide bonds. The van der Waals surface area contributed by atoms with Crippen molar-refractivity contribution in [3.8, 4) is 0 Å². The van der Waals surface area contributed by atoms with Crippen LogP contribution in [0.1, 0.15) is 24.4 Å². The molecule has 0 N–H and O–H groups in total. The van der Waals surface area contributed by atoms with E-state index in [1.54, 1.807) is 17.2 Å². The van der Waals surface area contributed by atoms with Gasteiger partial charge in [0.15, 0.2) is 0 Å². The number of benzene rings is 1. The molecule has 2 heterocycles. The number of carbonyl (C=O) groups is 1. The lowest BCUT2D eigenvalue weighted by molar-refractivity contribution is -0.133. The van der Waals surface area contributed by atoms with Crippen LogP contribution in [0.5, 0.6) is 0 Å². The number of carbonyl (C=O) groups excluding carboxylic acids is 1. The topological polar surface area (TPSA) is 38.1 Å². The number of hydrogen-bond acceptors (Lipinski definition) is 2. The van der Waals surface area contributed by atoms with Crippen LogP contribution < -0.4 is 0 Å². The van der Waals surface area contributed by atoms with Crippen molar-refractivity contribution in [2.24, 2.45) is 0 Å². The average Bonchev–Trinajstić information content (AvgIpc) is 3.07. The molecule has 0 unspecified atom stereocenters. The molecule has 1 aliphatic heterocycles. The van der Waals surface area contributed by atoms with Crippen molar-refractivity contribution < 1.29 is 9.18 Å². The molecule has 1 saturated heterocycles. The molecule has 4 nitrogen and oxygen atoms in total. The fraction of sp³-hybridized carbons (Fsp3) is 0.333. The van der Waals surface area contributed by atoms with Crippen LogP contribution in [0, 0.1) is 5.82 Å². The molecule has 0 aliphatic carbocycles. The summed E-state index contributed by atoms with van der Waals surface area (Å²) < 4.78 is 14.9. The Morgan fingerprint density at radius 1 is 1.48 bits per heavy atom. The number of aromatic nitrogens is 2. The van der Waals surface area contributed by atoms with Gasteiger partial charge in [-0.1, -0.05) is 23.7 Å².